The highest BCUT2D eigenvalue weighted by atomic mass is 16.5. The summed E-state index contributed by atoms with van der Waals surface area (Å²) in [5.74, 6) is 0.593. The fourth-order valence-electron chi connectivity index (χ4n) is 2.19. The number of hydrogen-bond donors (Lipinski definition) is 3. The van der Waals surface area contributed by atoms with Gasteiger partial charge in [-0.3, -0.25) is 10.1 Å². The van der Waals surface area contributed by atoms with Gasteiger partial charge < -0.3 is 15.2 Å². The van der Waals surface area contributed by atoms with Crippen LogP contribution in [0.25, 0.3) is 0 Å². The summed E-state index contributed by atoms with van der Waals surface area (Å²) in [6.07, 6.45) is -0.708. The third kappa shape index (κ3) is 6.02. The number of nitrogens with one attached hydrogen (secondary N) is 2. The molecule has 128 valence electrons. The fourth-order valence-corrected chi connectivity index (χ4v) is 2.19. The van der Waals surface area contributed by atoms with Crippen molar-refractivity contribution in [2.75, 3.05) is 0 Å². The lowest BCUT2D eigenvalue weighted by atomic mass is 10.1. The van der Waals surface area contributed by atoms with Crippen LogP contribution in [0.15, 0.2) is 48.5 Å². The third-order valence-electron chi connectivity index (χ3n) is 3.53. The smallest absolute Gasteiger partial charge is 0.222 e. The first-order chi connectivity index (χ1) is 11.6. The summed E-state index contributed by atoms with van der Waals surface area (Å²) in [5, 5.41) is 14.9. The maximum atomic E-state index is 11.2. The molecule has 0 aromatic heterocycles. The predicted molar refractivity (Wildman–Crippen MR) is 93.2 cm³/mol. The van der Waals surface area contributed by atoms with Crippen LogP contribution in [0.5, 0.6) is 5.75 Å². The predicted octanol–water partition coefficient (Wildman–Crippen LogP) is 2.47. The number of carbonyl (C=O) groups excluding carboxylic acids is 1. The number of amides is 1. The molecule has 5 nitrogen and oxygen atoms in total. The van der Waals surface area contributed by atoms with Crippen LogP contribution in [0.3, 0.4) is 0 Å². The average Bonchev–Trinajstić information content (AvgIpc) is 2.59. The van der Waals surface area contributed by atoms with E-state index in [2.05, 4.69) is 29.7 Å². The van der Waals surface area contributed by atoms with Gasteiger partial charge in [-0.2, -0.15) is 0 Å². The Kier molecular flexibility index (Phi) is 6.78. The zero-order valence-electron chi connectivity index (χ0n) is 14.1. The van der Waals surface area contributed by atoms with Crippen LogP contribution in [0.2, 0.25) is 0 Å². The Morgan fingerprint density at radius 1 is 1.17 bits per heavy atom. The van der Waals surface area contributed by atoms with E-state index in [0.29, 0.717) is 19.6 Å². The summed E-state index contributed by atoms with van der Waals surface area (Å²) in [5.41, 5.74) is 3.34. The van der Waals surface area contributed by atoms with Gasteiger partial charge in [0.25, 0.3) is 0 Å². The Bertz CT molecular complexity index is 656. The molecular weight excluding hydrogens is 304 g/mol. The minimum Gasteiger partial charge on any atom is -0.489 e. The first kappa shape index (κ1) is 18.0. The van der Waals surface area contributed by atoms with Gasteiger partial charge in [-0.15, -0.1) is 0 Å². The Morgan fingerprint density at radius 2 is 1.92 bits per heavy atom. The largest absolute Gasteiger partial charge is 0.489 e. The zero-order valence-corrected chi connectivity index (χ0v) is 14.1. The molecule has 1 amide bonds. The molecule has 5 heteroatoms. The third-order valence-corrected chi connectivity index (χ3v) is 3.53. The maximum absolute atomic E-state index is 11.2. The fraction of sp³-hybridized carbons (Fsp3) is 0.316. The Labute approximate surface area is 142 Å². The quantitative estimate of drug-likeness (QED) is 0.651. The Morgan fingerprint density at radius 3 is 2.58 bits per heavy atom. The first-order valence-electron chi connectivity index (χ1n) is 8.05. The number of aliphatic hydroxyl groups excluding tert-OH is 1. The van der Waals surface area contributed by atoms with Gasteiger partial charge in [-0.1, -0.05) is 48.9 Å². The molecule has 1 atom stereocenters. The molecule has 0 spiro atoms. The van der Waals surface area contributed by atoms with Crippen LogP contribution >= 0.6 is 0 Å². The van der Waals surface area contributed by atoms with E-state index in [0.717, 1.165) is 16.9 Å². The second kappa shape index (κ2) is 9.05. The molecular formula is C19H24N2O3. The van der Waals surface area contributed by atoms with Crippen molar-refractivity contribution in [3.8, 4) is 5.75 Å². The van der Waals surface area contributed by atoms with E-state index in [9.17, 15) is 9.90 Å². The summed E-state index contributed by atoms with van der Waals surface area (Å²) in [6, 6.07) is 15.9. The lowest BCUT2D eigenvalue weighted by Gasteiger charge is -2.14. The summed E-state index contributed by atoms with van der Waals surface area (Å²) in [4.78, 5) is 11.2. The SMILES string of the molecule is CCC(=O)NC(O)NCc1ccc(OCc2cccc(C)c2)cc1. The molecule has 3 N–H and O–H groups in total. The molecule has 0 bridgehead atoms. The van der Waals surface area contributed by atoms with Gasteiger partial charge >= 0.3 is 0 Å². The number of ether oxygens (including phenoxy) is 1. The molecule has 2 aromatic rings. The molecule has 24 heavy (non-hydrogen) atoms. The molecule has 2 rings (SSSR count). The number of aryl methyl sites for hydroxylation is 1. The Balaban J connectivity index is 1.79. The lowest BCUT2D eigenvalue weighted by molar-refractivity contribution is -0.124. The van der Waals surface area contributed by atoms with Crippen LogP contribution in [0, 0.1) is 6.92 Å². The van der Waals surface area contributed by atoms with E-state index in [1.54, 1.807) is 6.92 Å². The van der Waals surface area contributed by atoms with E-state index in [1.165, 1.54) is 5.56 Å². The summed E-state index contributed by atoms with van der Waals surface area (Å²) in [7, 11) is 0. The van der Waals surface area contributed by atoms with Gasteiger partial charge in [-0.25, -0.2) is 0 Å². The van der Waals surface area contributed by atoms with Crippen molar-refractivity contribution in [2.24, 2.45) is 0 Å². The molecule has 0 fully saturated rings. The molecule has 0 aliphatic rings. The molecule has 2 aromatic carbocycles. The average molecular weight is 328 g/mol. The van der Waals surface area contributed by atoms with Crippen LogP contribution in [0.4, 0.5) is 0 Å². The maximum Gasteiger partial charge on any atom is 0.222 e. The highest BCUT2D eigenvalue weighted by Gasteiger charge is 2.06. The van der Waals surface area contributed by atoms with Crippen molar-refractivity contribution >= 4 is 5.91 Å². The van der Waals surface area contributed by atoms with E-state index >= 15 is 0 Å². The van der Waals surface area contributed by atoms with Crippen molar-refractivity contribution in [2.45, 2.75) is 39.8 Å². The van der Waals surface area contributed by atoms with Crippen LogP contribution < -0.4 is 15.4 Å². The number of aliphatic hydroxyl groups is 1. The van der Waals surface area contributed by atoms with Crippen LogP contribution in [-0.2, 0) is 17.9 Å². The summed E-state index contributed by atoms with van der Waals surface area (Å²) in [6.45, 7) is 4.77. The standard InChI is InChI=1S/C19H24N2O3/c1-3-18(22)21-19(23)20-12-15-7-9-17(10-8-15)24-13-16-6-4-5-14(2)11-16/h4-11,19-20,23H,3,12-13H2,1-2H3,(H,21,22). The number of hydrogen-bond acceptors (Lipinski definition) is 4. The molecule has 1 unspecified atom stereocenters. The van der Waals surface area contributed by atoms with Gasteiger partial charge in [0.15, 0.2) is 6.35 Å². The number of carbonyl (C=O) groups is 1. The van der Waals surface area contributed by atoms with Crippen molar-refractivity contribution in [1.82, 2.24) is 10.6 Å². The molecule has 0 heterocycles. The lowest BCUT2D eigenvalue weighted by Crippen LogP contribution is -2.44. The Hall–Kier alpha value is -2.37. The molecule has 0 aliphatic carbocycles. The van der Waals surface area contributed by atoms with E-state index < -0.39 is 6.35 Å². The van der Waals surface area contributed by atoms with Gasteiger partial charge in [0.2, 0.25) is 5.91 Å². The molecule has 0 saturated carbocycles. The van der Waals surface area contributed by atoms with E-state index in [-0.39, 0.29) is 5.91 Å². The topological polar surface area (TPSA) is 70.6 Å². The molecule has 0 aliphatic heterocycles. The number of rotatable bonds is 8. The van der Waals surface area contributed by atoms with Gasteiger partial charge in [0.1, 0.15) is 12.4 Å². The van der Waals surface area contributed by atoms with Crippen LogP contribution in [0.1, 0.15) is 30.0 Å². The minimum atomic E-state index is -1.05. The van der Waals surface area contributed by atoms with Crippen molar-refractivity contribution in [3.63, 3.8) is 0 Å². The van der Waals surface area contributed by atoms with Crippen molar-refractivity contribution < 1.29 is 14.6 Å². The van der Waals surface area contributed by atoms with E-state index in [4.69, 9.17) is 4.74 Å². The summed E-state index contributed by atoms with van der Waals surface area (Å²) >= 11 is 0. The molecule has 0 saturated heterocycles. The van der Waals surface area contributed by atoms with Crippen molar-refractivity contribution in [1.29, 1.82) is 0 Å². The minimum absolute atomic E-state index is 0.199. The number of benzene rings is 2. The second-order valence-electron chi connectivity index (χ2n) is 5.63. The summed E-state index contributed by atoms with van der Waals surface area (Å²) < 4.78 is 5.77. The van der Waals surface area contributed by atoms with Crippen molar-refractivity contribution in [3.05, 3.63) is 65.2 Å². The van der Waals surface area contributed by atoms with Gasteiger partial charge in [0, 0.05) is 13.0 Å². The van der Waals surface area contributed by atoms with Crippen LogP contribution in [-0.4, -0.2) is 17.4 Å². The zero-order chi connectivity index (χ0) is 17.4. The normalized spacial score (nSPS) is 11.8. The highest BCUT2D eigenvalue weighted by molar-refractivity contribution is 5.75. The van der Waals surface area contributed by atoms with Gasteiger partial charge in [0.05, 0.1) is 0 Å². The first-order valence-corrected chi connectivity index (χ1v) is 8.05. The monoisotopic (exact) mass is 328 g/mol. The van der Waals surface area contributed by atoms with Gasteiger partial charge in [-0.05, 0) is 30.2 Å². The second-order valence-corrected chi connectivity index (χ2v) is 5.63. The highest BCUT2D eigenvalue weighted by Crippen LogP contribution is 2.14. The van der Waals surface area contributed by atoms with E-state index in [1.807, 2.05) is 36.4 Å². The molecule has 0 radical (unpaired) electrons.